The highest BCUT2D eigenvalue weighted by Crippen LogP contribution is 2.24. The Kier molecular flexibility index (Phi) is 6.51. The summed E-state index contributed by atoms with van der Waals surface area (Å²) < 4.78 is 43.5. The van der Waals surface area contributed by atoms with E-state index in [9.17, 15) is 22.4 Å². The third kappa shape index (κ3) is 5.52. The maximum absolute atomic E-state index is 13.2. The predicted molar refractivity (Wildman–Crippen MR) is 99.6 cm³/mol. The number of hydrogen-bond acceptors (Lipinski definition) is 5. The number of hydrogen-bond donors (Lipinski definition) is 1. The molecule has 0 heterocycles. The summed E-state index contributed by atoms with van der Waals surface area (Å²) in [7, 11) is -3.89. The molecule has 0 saturated carbocycles. The van der Waals surface area contributed by atoms with Gasteiger partial charge in [-0.1, -0.05) is 18.2 Å². The standard InChI is InChI=1S/C18H19FN2O5S/c1-3-26-18(23)15-9-4-5-10-16(15)21(27(2,24)25)12-17(22)20-14-8-6-7-13(19)11-14/h4-11H,3,12H2,1-2H3,(H,20,22). The van der Waals surface area contributed by atoms with Crippen LogP contribution in [0.15, 0.2) is 48.5 Å². The van der Waals surface area contributed by atoms with Crippen LogP contribution < -0.4 is 9.62 Å². The van der Waals surface area contributed by atoms with Crippen LogP contribution in [-0.2, 0) is 19.6 Å². The zero-order valence-corrected chi connectivity index (χ0v) is 15.6. The smallest absolute Gasteiger partial charge is 0.340 e. The van der Waals surface area contributed by atoms with E-state index in [0.717, 1.165) is 16.6 Å². The van der Waals surface area contributed by atoms with Crippen molar-refractivity contribution in [2.45, 2.75) is 6.92 Å². The molecule has 9 heteroatoms. The molecule has 0 aliphatic heterocycles. The number of nitrogens with zero attached hydrogens (tertiary/aromatic N) is 1. The van der Waals surface area contributed by atoms with Gasteiger partial charge in [0.25, 0.3) is 0 Å². The Bertz CT molecular complexity index is 946. The van der Waals surface area contributed by atoms with E-state index in [-0.39, 0.29) is 23.5 Å². The molecule has 144 valence electrons. The number of para-hydroxylation sites is 1. The Labute approximate surface area is 156 Å². The van der Waals surface area contributed by atoms with Crippen LogP contribution in [0.1, 0.15) is 17.3 Å². The van der Waals surface area contributed by atoms with Crippen LogP contribution in [0.3, 0.4) is 0 Å². The van der Waals surface area contributed by atoms with Gasteiger partial charge in [0, 0.05) is 5.69 Å². The fraction of sp³-hybridized carbons (Fsp3) is 0.222. The van der Waals surface area contributed by atoms with Crippen LogP contribution in [0.2, 0.25) is 0 Å². The van der Waals surface area contributed by atoms with Gasteiger partial charge >= 0.3 is 5.97 Å². The SMILES string of the molecule is CCOC(=O)c1ccccc1N(CC(=O)Nc1cccc(F)c1)S(C)(=O)=O. The van der Waals surface area contributed by atoms with Gasteiger partial charge in [0.2, 0.25) is 15.9 Å². The number of anilines is 2. The molecule has 0 bridgehead atoms. The van der Waals surface area contributed by atoms with Gasteiger partial charge in [0.1, 0.15) is 12.4 Å². The molecule has 7 nitrogen and oxygen atoms in total. The van der Waals surface area contributed by atoms with E-state index in [1.165, 1.54) is 30.3 Å². The maximum atomic E-state index is 13.2. The topological polar surface area (TPSA) is 92.8 Å². The maximum Gasteiger partial charge on any atom is 0.340 e. The van der Waals surface area contributed by atoms with Crippen molar-refractivity contribution < 1.29 is 27.1 Å². The van der Waals surface area contributed by atoms with E-state index >= 15 is 0 Å². The number of halogens is 1. The van der Waals surface area contributed by atoms with Crippen molar-refractivity contribution in [3.05, 3.63) is 59.9 Å². The lowest BCUT2D eigenvalue weighted by atomic mass is 10.2. The van der Waals surface area contributed by atoms with Crippen LogP contribution in [-0.4, -0.2) is 39.7 Å². The Balaban J connectivity index is 2.32. The second-order valence-corrected chi connectivity index (χ2v) is 7.47. The first kappa shape index (κ1) is 20.4. The second kappa shape index (κ2) is 8.63. The van der Waals surface area contributed by atoms with E-state index in [1.54, 1.807) is 19.1 Å². The van der Waals surface area contributed by atoms with Gasteiger partial charge in [-0.05, 0) is 37.3 Å². The number of amides is 1. The minimum Gasteiger partial charge on any atom is -0.462 e. The quantitative estimate of drug-likeness (QED) is 0.728. The van der Waals surface area contributed by atoms with Gasteiger partial charge in [0.05, 0.1) is 24.1 Å². The van der Waals surface area contributed by atoms with E-state index < -0.39 is 34.3 Å². The summed E-state index contributed by atoms with van der Waals surface area (Å²) in [6.07, 6.45) is 0.921. The molecule has 0 saturated heterocycles. The summed E-state index contributed by atoms with van der Waals surface area (Å²) >= 11 is 0. The van der Waals surface area contributed by atoms with Gasteiger partial charge in [-0.3, -0.25) is 9.10 Å². The van der Waals surface area contributed by atoms with Gasteiger partial charge in [-0.15, -0.1) is 0 Å². The zero-order valence-electron chi connectivity index (χ0n) is 14.8. The van der Waals surface area contributed by atoms with Crippen molar-refractivity contribution in [3.8, 4) is 0 Å². The summed E-state index contributed by atoms with van der Waals surface area (Å²) in [6, 6.07) is 11.1. The highest BCUT2D eigenvalue weighted by atomic mass is 32.2. The highest BCUT2D eigenvalue weighted by Gasteiger charge is 2.26. The number of sulfonamides is 1. The van der Waals surface area contributed by atoms with E-state index in [0.29, 0.717) is 0 Å². The minimum absolute atomic E-state index is 0.0170. The minimum atomic E-state index is -3.89. The number of carbonyl (C=O) groups is 2. The molecule has 0 atom stereocenters. The van der Waals surface area contributed by atoms with Crippen molar-refractivity contribution in [1.29, 1.82) is 0 Å². The highest BCUT2D eigenvalue weighted by molar-refractivity contribution is 7.92. The van der Waals surface area contributed by atoms with Crippen LogP contribution in [0.4, 0.5) is 15.8 Å². The van der Waals surface area contributed by atoms with Crippen LogP contribution in [0.5, 0.6) is 0 Å². The molecule has 2 rings (SSSR count). The number of nitrogens with one attached hydrogen (secondary N) is 1. The van der Waals surface area contributed by atoms with Crippen LogP contribution in [0.25, 0.3) is 0 Å². The lowest BCUT2D eigenvalue weighted by Crippen LogP contribution is -2.38. The van der Waals surface area contributed by atoms with E-state index in [1.807, 2.05) is 0 Å². The molecule has 0 fully saturated rings. The first-order valence-electron chi connectivity index (χ1n) is 8.01. The summed E-state index contributed by atoms with van der Waals surface area (Å²) in [5.74, 6) is -1.93. The monoisotopic (exact) mass is 394 g/mol. The normalized spacial score (nSPS) is 10.9. The van der Waals surface area contributed by atoms with Crippen LogP contribution >= 0.6 is 0 Å². The number of benzene rings is 2. The molecule has 0 spiro atoms. The molecule has 2 aromatic rings. The lowest BCUT2D eigenvalue weighted by molar-refractivity contribution is -0.114. The molecule has 2 aromatic carbocycles. The molecule has 27 heavy (non-hydrogen) atoms. The zero-order chi connectivity index (χ0) is 20.0. The number of esters is 1. The fourth-order valence-corrected chi connectivity index (χ4v) is 3.22. The van der Waals surface area contributed by atoms with E-state index in [4.69, 9.17) is 4.74 Å². The average molecular weight is 394 g/mol. The van der Waals surface area contributed by atoms with Crippen molar-refractivity contribution in [1.82, 2.24) is 0 Å². The molecule has 0 aliphatic rings. The summed E-state index contributed by atoms with van der Waals surface area (Å²) in [5.41, 5.74) is 0.225. The van der Waals surface area contributed by atoms with Crippen molar-refractivity contribution >= 4 is 33.3 Å². The van der Waals surface area contributed by atoms with Gasteiger partial charge < -0.3 is 10.1 Å². The Morgan fingerprint density at radius 2 is 1.85 bits per heavy atom. The number of rotatable bonds is 7. The molecule has 1 N–H and O–H groups in total. The van der Waals surface area contributed by atoms with Gasteiger partial charge in [0.15, 0.2) is 0 Å². The molecule has 0 aromatic heterocycles. The van der Waals surface area contributed by atoms with Gasteiger partial charge in [-0.25, -0.2) is 17.6 Å². The summed E-state index contributed by atoms with van der Waals surface area (Å²) in [4.78, 5) is 24.4. The van der Waals surface area contributed by atoms with Gasteiger partial charge in [-0.2, -0.15) is 0 Å². The Morgan fingerprint density at radius 3 is 2.48 bits per heavy atom. The number of carbonyl (C=O) groups excluding carboxylic acids is 2. The number of ether oxygens (including phenoxy) is 1. The third-order valence-corrected chi connectivity index (χ3v) is 4.59. The Hall–Kier alpha value is -2.94. The first-order chi connectivity index (χ1) is 12.7. The third-order valence-electron chi connectivity index (χ3n) is 3.46. The van der Waals surface area contributed by atoms with Crippen LogP contribution in [0, 0.1) is 5.82 Å². The molecular weight excluding hydrogens is 375 g/mol. The van der Waals surface area contributed by atoms with Crippen molar-refractivity contribution in [3.63, 3.8) is 0 Å². The predicted octanol–water partition coefficient (Wildman–Crippen LogP) is 2.41. The lowest BCUT2D eigenvalue weighted by Gasteiger charge is -2.23. The largest absolute Gasteiger partial charge is 0.462 e. The average Bonchev–Trinajstić information content (AvgIpc) is 2.59. The van der Waals surface area contributed by atoms with Crippen molar-refractivity contribution in [2.24, 2.45) is 0 Å². The summed E-state index contributed by atoms with van der Waals surface area (Å²) in [5, 5.41) is 2.43. The fourth-order valence-electron chi connectivity index (χ4n) is 2.35. The van der Waals surface area contributed by atoms with Crippen molar-refractivity contribution in [2.75, 3.05) is 29.0 Å². The summed E-state index contributed by atoms with van der Waals surface area (Å²) in [6.45, 7) is 1.15. The van der Waals surface area contributed by atoms with E-state index in [2.05, 4.69) is 5.32 Å². The Morgan fingerprint density at radius 1 is 1.15 bits per heavy atom. The first-order valence-corrected chi connectivity index (χ1v) is 9.86. The molecule has 0 aliphatic carbocycles. The molecular formula is C18H19FN2O5S. The molecule has 0 radical (unpaired) electrons. The molecule has 0 unspecified atom stereocenters. The second-order valence-electron chi connectivity index (χ2n) is 5.57. The molecule has 1 amide bonds.